The quantitative estimate of drug-likeness (QED) is 0.0261. The monoisotopic (exact) mass is 1120 g/mol. The van der Waals surface area contributed by atoms with Gasteiger partial charge in [-0.15, -0.1) is 0 Å². The van der Waals surface area contributed by atoms with Crippen LogP contribution in [-0.4, -0.2) is 37.2 Å². The summed E-state index contributed by atoms with van der Waals surface area (Å²) in [5, 5.41) is 0. The molecule has 0 aliphatic rings. The molecular weight excluding hydrogens is 997 g/mol. The first-order chi connectivity index (χ1) is 40.0. The SMILES string of the molecule is CC/C=C\C/C=C\C/C=C\C/C=C\C/C=C\C/C=C\C/C=C\C/C=C\C/C=C\CCCCCC(=O)OCC(COC(=O)CCCCCCCCCCCCCCC)OC(=O)CCCCCCCCCCCCCCCCCCCCC. The first-order valence-electron chi connectivity index (χ1n) is 34.4. The van der Waals surface area contributed by atoms with Crippen molar-refractivity contribution >= 4 is 17.9 Å². The van der Waals surface area contributed by atoms with Gasteiger partial charge in [0.2, 0.25) is 0 Å². The maximum absolute atomic E-state index is 12.9. The van der Waals surface area contributed by atoms with E-state index in [2.05, 4.69) is 130 Å². The van der Waals surface area contributed by atoms with Crippen molar-refractivity contribution in [2.45, 2.75) is 335 Å². The third-order valence-corrected chi connectivity index (χ3v) is 14.8. The molecule has 0 aliphatic carbocycles. The summed E-state index contributed by atoms with van der Waals surface area (Å²) in [6.07, 6.45) is 93.9. The highest BCUT2D eigenvalue weighted by molar-refractivity contribution is 5.71. The Hall–Kier alpha value is -3.93. The minimum absolute atomic E-state index is 0.0845. The topological polar surface area (TPSA) is 78.9 Å². The molecule has 0 saturated heterocycles. The lowest BCUT2D eigenvalue weighted by molar-refractivity contribution is -0.167. The van der Waals surface area contributed by atoms with E-state index in [0.717, 1.165) is 122 Å². The van der Waals surface area contributed by atoms with Gasteiger partial charge in [0.25, 0.3) is 0 Å². The van der Waals surface area contributed by atoms with Crippen molar-refractivity contribution in [3.63, 3.8) is 0 Å². The molecule has 1 unspecified atom stereocenters. The number of esters is 3. The molecule has 0 fully saturated rings. The van der Waals surface area contributed by atoms with Crippen molar-refractivity contribution in [1.29, 1.82) is 0 Å². The van der Waals surface area contributed by atoms with Crippen LogP contribution in [0.25, 0.3) is 0 Å². The molecular formula is C75H128O6. The van der Waals surface area contributed by atoms with Gasteiger partial charge in [0.1, 0.15) is 13.2 Å². The summed E-state index contributed by atoms with van der Waals surface area (Å²) >= 11 is 0. The summed E-state index contributed by atoms with van der Waals surface area (Å²) in [5.74, 6) is -0.904. The van der Waals surface area contributed by atoms with E-state index in [0.29, 0.717) is 19.3 Å². The lowest BCUT2D eigenvalue weighted by Crippen LogP contribution is -2.30. The fourth-order valence-corrected chi connectivity index (χ4v) is 9.67. The molecule has 6 nitrogen and oxygen atoms in total. The summed E-state index contributed by atoms with van der Waals surface area (Å²) in [4.78, 5) is 38.4. The Morgan fingerprint density at radius 2 is 0.481 bits per heavy atom. The summed E-state index contributed by atoms with van der Waals surface area (Å²) in [6, 6.07) is 0. The number of rotatable bonds is 62. The Balaban J connectivity index is 4.36. The van der Waals surface area contributed by atoms with Gasteiger partial charge >= 0.3 is 17.9 Å². The molecule has 0 aromatic carbocycles. The van der Waals surface area contributed by atoms with Gasteiger partial charge in [-0.05, 0) is 89.9 Å². The van der Waals surface area contributed by atoms with E-state index in [1.54, 1.807) is 0 Å². The van der Waals surface area contributed by atoms with Crippen molar-refractivity contribution in [2.24, 2.45) is 0 Å². The fourth-order valence-electron chi connectivity index (χ4n) is 9.67. The second-order valence-corrected chi connectivity index (χ2v) is 22.7. The maximum atomic E-state index is 12.9. The van der Waals surface area contributed by atoms with Crippen molar-refractivity contribution in [2.75, 3.05) is 13.2 Å². The molecule has 0 aliphatic heterocycles. The minimum atomic E-state index is -0.791. The Morgan fingerprint density at radius 1 is 0.259 bits per heavy atom. The maximum Gasteiger partial charge on any atom is 0.306 e. The van der Waals surface area contributed by atoms with Crippen LogP contribution in [0.15, 0.2) is 109 Å². The van der Waals surface area contributed by atoms with Crippen LogP contribution in [0.4, 0.5) is 0 Å². The third-order valence-electron chi connectivity index (χ3n) is 14.8. The largest absolute Gasteiger partial charge is 0.462 e. The number of carbonyl (C=O) groups excluding carboxylic acids is 3. The number of unbranched alkanes of at least 4 members (excludes halogenated alkanes) is 33. The lowest BCUT2D eigenvalue weighted by atomic mass is 10.0. The number of hydrogen-bond acceptors (Lipinski definition) is 6. The molecule has 0 aromatic rings. The van der Waals surface area contributed by atoms with Crippen LogP contribution in [0.2, 0.25) is 0 Å². The summed E-state index contributed by atoms with van der Waals surface area (Å²) < 4.78 is 16.9. The molecule has 1 atom stereocenters. The number of hydrogen-bond donors (Lipinski definition) is 0. The number of allylic oxidation sites excluding steroid dienone is 18. The molecule has 0 bridgehead atoms. The highest BCUT2D eigenvalue weighted by Crippen LogP contribution is 2.17. The van der Waals surface area contributed by atoms with Gasteiger partial charge in [-0.25, -0.2) is 0 Å². The van der Waals surface area contributed by atoms with E-state index in [1.807, 2.05) is 0 Å². The van der Waals surface area contributed by atoms with Crippen LogP contribution in [0.3, 0.4) is 0 Å². The van der Waals surface area contributed by atoms with Crippen LogP contribution in [0.5, 0.6) is 0 Å². The second kappa shape index (κ2) is 68.6. The molecule has 0 rings (SSSR count). The molecule has 0 N–H and O–H groups in total. The number of carbonyl (C=O) groups is 3. The summed E-state index contributed by atoms with van der Waals surface area (Å²) in [7, 11) is 0. The molecule has 0 heterocycles. The molecule has 0 amide bonds. The zero-order valence-corrected chi connectivity index (χ0v) is 53.3. The van der Waals surface area contributed by atoms with Gasteiger partial charge in [-0.1, -0.05) is 329 Å². The highest BCUT2D eigenvalue weighted by atomic mass is 16.6. The standard InChI is InChI=1S/C75H128O6/c1-4-7-10-13-16-19-22-25-27-29-31-32-33-34-35-36-37-38-39-40-41-42-44-45-47-50-53-56-59-62-65-68-74(77)80-71-72(70-79-73(76)67-64-61-58-55-52-49-24-21-18-15-12-9-6-3)81-75(78)69-66-63-60-57-54-51-48-46-43-30-28-26-23-20-17-14-11-8-5-2/h7,10,16,19,25,27,31-32,34-35,37-38,40-41,44-45,50,53,72H,4-6,8-9,11-15,17-18,20-24,26,28-30,33,36,39,42-43,46-49,51-52,54-71H2,1-3H3/b10-7-,19-16-,27-25-,32-31-,35-34-,38-37-,41-40-,45-44-,53-50-. The van der Waals surface area contributed by atoms with Gasteiger partial charge in [0.15, 0.2) is 6.10 Å². The van der Waals surface area contributed by atoms with Gasteiger partial charge in [-0.2, -0.15) is 0 Å². The van der Waals surface area contributed by atoms with Crippen LogP contribution in [0.1, 0.15) is 329 Å². The fraction of sp³-hybridized carbons (Fsp3) is 0.720. The van der Waals surface area contributed by atoms with E-state index in [9.17, 15) is 14.4 Å². The van der Waals surface area contributed by atoms with E-state index in [4.69, 9.17) is 14.2 Å². The van der Waals surface area contributed by atoms with Gasteiger partial charge in [0, 0.05) is 19.3 Å². The molecule has 81 heavy (non-hydrogen) atoms. The molecule has 0 spiro atoms. The second-order valence-electron chi connectivity index (χ2n) is 22.7. The van der Waals surface area contributed by atoms with Gasteiger partial charge < -0.3 is 14.2 Å². The Bertz CT molecular complexity index is 1620. The zero-order valence-electron chi connectivity index (χ0n) is 53.3. The van der Waals surface area contributed by atoms with E-state index in [-0.39, 0.29) is 31.1 Å². The average molecular weight is 1130 g/mol. The van der Waals surface area contributed by atoms with Crippen molar-refractivity contribution in [1.82, 2.24) is 0 Å². The van der Waals surface area contributed by atoms with E-state index < -0.39 is 6.10 Å². The number of ether oxygens (including phenoxy) is 3. The molecule has 0 aromatic heterocycles. The first-order valence-corrected chi connectivity index (χ1v) is 34.4. The Kier molecular flexibility index (Phi) is 65.2. The summed E-state index contributed by atoms with van der Waals surface area (Å²) in [6.45, 7) is 6.54. The average Bonchev–Trinajstić information content (AvgIpc) is 3.46. The predicted molar refractivity (Wildman–Crippen MR) is 353 cm³/mol. The van der Waals surface area contributed by atoms with Crippen LogP contribution >= 0.6 is 0 Å². The molecule has 464 valence electrons. The van der Waals surface area contributed by atoms with Crippen molar-refractivity contribution in [3.05, 3.63) is 109 Å². The Labute approximate surface area is 501 Å². The smallest absolute Gasteiger partial charge is 0.306 e. The first kappa shape index (κ1) is 77.1. The van der Waals surface area contributed by atoms with Crippen molar-refractivity contribution in [3.8, 4) is 0 Å². The van der Waals surface area contributed by atoms with Crippen LogP contribution in [-0.2, 0) is 28.6 Å². The predicted octanol–water partition coefficient (Wildman–Crippen LogP) is 23.8. The Morgan fingerprint density at radius 3 is 0.753 bits per heavy atom. The van der Waals surface area contributed by atoms with Crippen LogP contribution < -0.4 is 0 Å². The van der Waals surface area contributed by atoms with E-state index in [1.165, 1.54) is 167 Å². The summed E-state index contributed by atoms with van der Waals surface area (Å²) in [5.41, 5.74) is 0. The van der Waals surface area contributed by atoms with Crippen molar-refractivity contribution < 1.29 is 28.6 Å². The highest BCUT2D eigenvalue weighted by Gasteiger charge is 2.19. The molecule has 0 saturated carbocycles. The van der Waals surface area contributed by atoms with Gasteiger partial charge in [0.05, 0.1) is 0 Å². The minimum Gasteiger partial charge on any atom is -0.462 e. The molecule has 0 radical (unpaired) electrons. The van der Waals surface area contributed by atoms with Crippen LogP contribution in [0, 0.1) is 0 Å². The third kappa shape index (κ3) is 66.8. The zero-order chi connectivity index (χ0) is 58.5. The van der Waals surface area contributed by atoms with Gasteiger partial charge in [-0.3, -0.25) is 14.4 Å². The lowest BCUT2D eigenvalue weighted by Gasteiger charge is -2.18. The molecule has 6 heteroatoms. The normalized spacial score (nSPS) is 12.8. The van der Waals surface area contributed by atoms with E-state index >= 15 is 0 Å².